The van der Waals surface area contributed by atoms with E-state index in [1.807, 2.05) is 18.3 Å². The predicted octanol–water partition coefficient (Wildman–Crippen LogP) is 3.89. The van der Waals surface area contributed by atoms with E-state index in [9.17, 15) is 0 Å². The monoisotopic (exact) mass is 362 g/mol. The number of nitriles is 1. The molecule has 1 saturated heterocycles. The lowest BCUT2D eigenvalue weighted by Crippen LogP contribution is -2.23. The zero-order valence-electron chi connectivity index (χ0n) is 14.2. The minimum absolute atomic E-state index is 0.321. The van der Waals surface area contributed by atoms with Crippen molar-refractivity contribution >= 4 is 22.3 Å². The Kier molecular flexibility index (Phi) is 4.86. The average molecular weight is 362 g/mol. The number of likely N-dealkylation sites (tertiary alicyclic amines) is 1. The molecule has 1 fully saturated rings. The van der Waals surface area contributed by atoms with E-state index < -0.39 is 0 Å². The van der Waals surface area contributed by atoms with Crippen LogP contribution in [0, 0.1) is 11.3 Å². The second-order valence-corrected chi connectivity index (χ2v) is 7.05. The summed E-state index contributed by atoms with van der Waals surface area (Å²) in [7, 11) is 0. The minimum Gasteiger partial charge on any atom is -0.316 e. The van der Waals surface area contributed by atoms with Crippen LogP contribution in [0.4, 0.5) is 10.9 Å². The Hall–Kier alpha value is -2.82. The molecule has 130 valence electrons. The molecule has 7 heteroatoms. The van der Waals surface area contributed by atoms with Crippen molar-refractivity contribution in [1.82, 2.24) is 19.9 Å². The van der Waals surface area contributed by atoms with Crippen LogP contribution >= 0.6 is 11.3 Å². The van der Waals surface area contributed by atoms with E-state index in [1.165, 1.54) is 6.42 Å². The van der Waals surface area contributed by atoms with Gasteiger partial charge in [-0.1, -0.05) is 6.07 Å². The molecule has 0 saturated carbocycles. The SMILES string of the molecule is N#Cc1ccnc(Nc2nc(C3CCCN3Cc3ccccn3)cs2)c1. The molecule has 1 atom stereocenters. The third-order valence-electron chi connectivity index (χ3n) is 4.44. The van der Waals surface area contributed by atoms with Crippen molar-refractivity contribution in [3.8, 4) is 6.07 Å². The third kappa shape index (κ3) is 3.72. The molecule has 0 spiro atoms. The Labute approximate surface area is 156 Å². The lowest BCUT2D eigenvalue weighted by molar-refractivity contribution is 0.242. The van der Waals surface area contributed by atoms with Crippen LogP contribution in [0.3, 0.4) is 0 Å². The van der Waals surface area contributed by atoms with Crippen LogP contribution in [-0.4, -0.2) is 26.4 Å². The summed E-state index contributed by atoms with van der Waals surface area (Å²) in [4.78, 5) is 15.9. The number of rotatable bonds is 5. The first-order valence-electron chi connectivity index (χ1n) is 8.54. The number of nitrogens with zero attached hydrogens (tertiary/aromatic N) is 5. The van der Waals surface area contributed by atoms with E-state index in [0.29, 0.717) is 17.4 Å². The maximum Gasteiger partial charge on any atom is 0.188 e. The highest BCUT2D eigenvalue weighted by Crippen LogP contribution is 2.34. The van der Waals surface area contributed by atoms with Crippen LogP contribution in [-0.2, 0) is 6.54 Å². The predicted molar refractivity (Wildman–Crippen MR) is 101 cm³/mol. The van der Waals surface area contributed by atoms with E-state index >= 15 is 0 Å². The molecule has 0 aromatic carbocycles. The van der Waals surface area contributed by atoms with Gasteiger partial charge in [0.15, 0.2) is 5.13 Å². The van der Waals surface area contributed by atoms with Gasteiger partial charge in [-0.15, -0.1) is 11.3 Å². The fraction of sp³-hybridized carbons (Fsp3) is 0.263. The molecule has 1 aliphatic rings. The number of thiazole rings is 1. The van der Waals surface area contributed by atoms with Crippen LogP contribution in [0.15, 0.2) is 48.1 Å². The van der Waals surface area contributed by atoms with Gasteiger partial charge in [-0.2, -0.15) is 5.26 Å². The van der Waals surface area contributed by atoms with Crippen molar-refractivity contribution in [3.05, 3.63) is 65.1 Å². The molecule has 0 amide bonds. The lowest BCUT2D eigenvalue weighted by Gasteiger charge is -2.22. The molecule has 0 aliphatic carbocycles. The summed E-state index contributed by atoms with van der Waals surface area (Å²) in [6.45, 7) is 1.91. The zero-order chi connectivity index (χ0) is 17.8. The quantitative estimate of drug-likeness (QED) is 0.742. The highest BCUT2D eigenvalue weighted by molar-refractivity contribution is 7.13. The first kappa shape index (κ1) is 16.6. The number of pyridine rings is 2. The van der Waals surface area contributed by atoms with E-state index in [1.54, 1.807) is 29.7 Å². The largest absolute Gasteiger partial charge is 0.316 e. The fourth-order valence-electron chi connectivity index (χ4n) is 3.22. The van der Waals surface area contributed by atoms with Gasteiger partial charge in [-0.05, 0) is 43.7 Å². The Morgan fingerprint density at radius 2 is 2.23 bits per heavy atom. The first-order valence-corrected chi connectivity index (χ1v) is 9.42. The smallest absolute Gasteiger partial charge is 0.188 e. The van der Waals surface area contributed by atoms with Crippen LogP contribution in [0.5, 0.6) is 0 Å². The summed E-state index contributed by atoms with van der Waals surface area (Å²) < 4.78 is 0. The van der Waals surface area contributed by atoms with E-state index in [4.69, 9.17) is 10.2 Å². The van der Waals surface area contributed by atoms with Gasteiger partial charge in [0.05, 0.1) is 29.1 Å². The van der Waals surface area contributed by atoms with Crippen LogP contribution in [0.25, 0.3) is 0 Å². The first-order chi connectivity index (χ1) is 12.8. The third-order valence-corrected chi connectivity index (χ3v) is 5.22. The van der Waals surface area contributed by atoms with Gasteiger partial charge in [0.25, 0.3) is 0 Å². The van der Waals surface area contributed by atoms with Gasteiger partial charge in [0, 0.05) is 24.3 Å². The highest BCUT2D eigenvalue weighted by atomic mass is 32.1. The highest BCUT2D eigenvalue weighted by Gasteiger charge is 2.28. The minimum atomic E-state index is 0.321. The van der Waals surface area contributed by atoms with E-state index in [-0.39, 0.29) is 0 Å². The molecule has 4 heterocycles. The van der Waals surface area contributed by atoms with E-state index in [0.717, 1.165) is 36.0 Å². The molecular weight excluding hydrogens is 344 g/mol. The molecule has 4 rings (SSSR count). The molecule has 6 nitrogen and oxygen atoms in total. The van der Waals surface area contributed by atoms with Crippen molar-refractivity contribution in [1.29, 1.82) is 5.26 Å². The standard InChI is InChI=1S/C19H18N6S/c20-11-14-6-8-22-18(10-14)24-19-23-16(13-26-19)17-5-3-9-25(17)12-15-4-1-2-7-21-15/h1-2,4,6-8,10,13,17H,3,5,9,12H2,(H,22,23,24). The maximum atomic E-state index is 9.00. The Bertz CT molecular complexity index is 917. The summed E-state index contributed by atoms with van der Waals surface area (Å²) in [5.74, 6) is 0.640. The Morgan fingerprint density at radius 1 is 1.27 bits per heavy atom. The number of aromatic nitrogens is 3. The summed E-state index contributed by atoms with van der Waals surface area (Å²) in [5, 5.41) is 15.1. The molecule has 1 N–H and O–H groups in total. The van der Waals surface area contributed by atoms with Gasteiger partial charge in [0.2, 0.25) is 0 Å². The molecule has 26 heavy (non-hydrogen) atoms. The van der Waals surface area contributed by atoms with Gasteiger partial charge in [0.1, 0.15) is 5.82 Å². The molecular formula is C19H18N6S. The average Bonchev–Trinajstić information content (AvgIpc) is 3.32. The molecule has 3 aromatic heterocycles. The second-order valence-electron chi connectivity index (χ2n) is 6.19. The van der Waals surface area contributed by atoms with Gasteiger partial charge < -0.3 is 5.32 Å². The molecule has 0 radical (unpaired) electrons. The summed E-state index contributed by atoms with van der Waals surface area (Å²) in [6, 6.07) is 11.9. The topological polar surface area (TPSA) is 77.7 Å². The van der Waals surface area contributed by atoms with Crippen LogP contribution in [0.2, 0.25) is 0 Å². The molecule has 0 bridgehead atoms. The summed E-state index contributed by atoms with van der Waals surface area (Å²) in [5.41, 5.74) is 2.75. The van der Waals surface area contributed by atoms with Crippen LogP contribution < -0.4 is 5.32 Å². The number of anilines is 2. The van der Waals surface area contributed by atoms with Crippen molar-refractivity contribution in [2.24, 2.45) is 0 Å². The molecule has 1 unspecified atom stereocenters. The van der Waals surface area contributed by atoms with Crippen molar-refractivity contribution in [2.75, 3.05) is 11.9 Å². The molecule has 3 aromatic rings. The number of hydrogen-bond donors (Lipinski definition) is 1. The van der Waals surface area contributed by atoms with E-state index in [2.05, 4.69) is 37.7 Å². The van der Waals surface area contributed by atoms with Gasteiger partial charge in [-0.25, -0.2) is 9.97 Å². The summed E-state index contributed by atoms with van der Waals surface area (Å²) in [6.07, 6.45) is 5.75. The number of nitrogens with one attached hydrogen (secondary N) is 1. The number of hydrogen-bond acceptors (Lipinski definition) is 7. The van der Waals surface area contributed by atoms with Crippen molar-refractivity contribution in [2.45, 2.75) is 25.4 Å². The second kappa shape index (κ2) is 7.60. The lowest BCUT2D eigenvalue weighted by atomic mass is 10.1. The van der Waals surface area contributed by atoms with Gasteiger partial charge in [-0.3, -0.25) is 9.88 Å². The maximum absolute atomic E-state index is 9.00. The molecule has 1 aliphatic heterocycles. The van der Waals surface area contributed by atoms with Crippen molar-refractivity contribution in [3.63, 3.8) is 0 Å². The van der Waals surface area contributed by atoms with Crippen LogP contribution in [0.1, 0.15) is 35.8 Å². The fourth-order valence-corrected chi connectivity index (χ4v) is 3.99. The normalized spacial score (nSPS) is 17.1. The Morgan fingerprint density at radius 3 is 3.08 bits per heavy atom. The zero-order valence-corrected chi connectivity index (χ0v) is 15.0. The van der Waals surface area contributed by atoms with Gasteiger partial charge >= 0.3 is 0 Å². The summed E-state index contributed by atoms with van der Waals surface area (Å²) >= 11 is 1.57. The Balaban J connectivity index is 1.47. The van der Waals surface area contributed by atoms with Crippen molar-refractivity contribution < 1.29 is 0 Å².